The van der Waals surface area contributed by atoms with Crippen molar-refractivity contribution in [3.05, 3.63) is 0 Å². The van der Waals surface area contributed by atoms with E-state index in [0.717, 1.165) is 32.1 Å². The number of hydrogen-bond donors (Lipinski definition) is 0. The molecule has 0 aromatic heterocycles. The summed E-state index contributed by atoms with van der Waals surface area (Å²) in [7, 11) is 0. The first-order valence-electron chi connectivity index (χ1n) is 5.76. The lowest BCUT2D eigenvalue weighted by Gasteiger charge is -2.34. The third kappa shape index (κ3) is 4.16. The van der Waals surface area contributed by atoms with Gasteiger partial charge < -0.3 is 4.74 Å². The molecule has 2 nitrogen and oxygen atoms in total. The lowest BCUT2D eigenvalue weighted by atomic mass is 10.0. The fraction of sp³-hybridized carbons (Fsp3) is 1.00. The normalized spacial score (nSPS) is 24.0. The number of likely N-dealkylation sites (tertiary alicyclic amines) is 1. The predicted molar refractivity (Wildman–Crippen MR) is 61.0 cm³/mol. The maximum Gasteiger partial charge on any atom is 0.0593 e. The number of hydrogen-bond acceptors (Lipinski definition) is 2. The summed E-state index contributed by atoms with van der Waals surface area (Å²) >= 11 is 5.93. The highest BCUT2D eigenvalue weighted by Gasteiger charge is 2.20. The zero-order chi connectivity index (χ0) is 10.2. The van der Waals surface area contributed by atoms with E-state index in [1.54, 1.807) is 0 Å². The standard InChI is InChI=1S/C11H22ClNO/c1-2-8-14-9-7-13-6-4-3-5-11(13)10-12/h11H,2-10H2,1H3. The summed E-state index contributed by atoms with van der Waals surface area (Å²) in [4.78, 5) is 2.48. The summed E-state index contributed by atoms with van der Waals surface area (Å²) in [6.07, 6.45) is 5.03. The number of nitrogens with zero attached hydrogens (tertiary/aromatic N) is 1. The van der Waals surface area contributed by atoms with Crippen LogP contribution in [0.25, 0.3) is 0 Å². The Bertz CT molecular complexity index is 143. The van der Waals surface area contributed by atoms with Crippen molar-refractivity contribution in [1.29, 1.82) is 0 Å². The smallest absolute Gasteiger partial charge is 0.0593 e. The van der Waals surface area contributed by atoms with Crippen molar-refractivity contribution in [2.75, 3.05) is 32.2 Å². The van der Waals surface area contributed by atoms with Crippen molar-refractivity contribution in [2.24, 2.45) is 0 Å². The molecule has 84 valence electrons. The maximum atomic E-state index is 5.93. The van der Waals surface area contributed by atoms with Crippen LogP contribution in [0.1, 0.15) is 32.6 Å². The van der Waals surface area contributed by atoms with Crippen LogP contribution in [-0.2, 0) is 4.74 Å². The van der Waals surface area contributed by atoms with E-state index in [-0.39, 0.29) is 0 Å². The minimum atomic E-state index is 0.593. The van der Waals surface area contributed by atoms with E-state index >= 15 is 0 Å². The van der Waals surface area contributed by atoms with Gasteiger partial charge in [-0.25, -0.2) is 0 Å². The molecular formula is C11H22ClNO. The fourth-order valence-corrected chi connectivity index (χ4v) is 2.31. The number of rotatable bonds is 6. The molecule has 1 aliphatic heterocycles. The minimum Gasteiger partial charge on any atom is -0.380 e. The zero-order valence-electron chi connectivity index (χ0n) is 9.17. The summed E-state index contributed by atoms with van der Waals surface area (Å²) < 4.78 is 5.49. The highest BCUT2D eigenvalue weighted by atomic mass is 35.5. The van der Waals surface area contributed by atoms with Crippen LogP contribution in [0, 0.1) is 0 Å². The van der Waals surface area contributed by atoms with E-state index in [4.69, 9.17) is 16.3 Å². The summed E-state index contributed by atoms with van der Waals surface area (Å²) in [6.45, 7) is 6.15. The van der Waals surface area contributed by atoms with E-state index in [2.05, 4.69) is 11.8 Å². The molecule has 1 heterocycles. The Hall–Kier alpha value is 0.210. The van der Waals surface area contributed by atoms with Gasteiger partial charge in [0.25, 0.3) is 0 Å². The Kier molecular flexibility index (Phi) is 6.57. The first-order chi connectivity index (χ1) is 6.88. The molecule has 1 saturated heterocycles. The van der Waals surface area contributed by atoms with E-state index in [0.29, 0.717) is 6.04 Å². The molecule has 0 amide bonds. The van der Waals surface area contributed by atoms with Gasteiger partial charge in [0.05, 0.1) is 6.61 Å². The van der Waals surface area contributed by atoms with Gasteiger partial charge in [-0.2, -0.15) is 0 Å². The van der Waals surface area contributed by atoms with Gasteiger partial charge in [0.15, 0.2) is 0 Å². The van der Waals surface area contributed by atoms with Gasteiger partial charge in [0.2, 0.25) is 0 Å². The van der Waals surface area contributed by atoms with Crippen molar-refractivity contribution < 1.29 is 4.74 Å². The predicted octanol–water partition coefficient (Wildman–Crippen LogP) is 2.51. The topological polar surface area (TPSA) is 12.5 Å². The Morgan fingerprint density at radius 2 is 2.21 bits per heavy atom. The van der Waals surface area contributed by atoms with Crippen LogP contribution in [0.4, 0.5) is 0 Å². The van der Waals surface area contributed by atoms with Gasteiger partial charge in [-0.15, -0.1) is 11.6 Å². The van der Waals surface area contributed by atoms with Crippen LogP contribution >= 0.6 is 11.6 Å². The second kappa shape index (κ2) is 7.49. The lowest BCUT2D eigenvalue weighted by molar-refractivity contribution is 0.0777. The van der Waals surface area contributed by atoms with Gasteiger partial charge in [-0.3, -0.25) is 4.90 Å². The molecule has 0 saturated carbocycles. The molecular weight excluding hydrogens is 198 g/mol. The molecule has 3 heteroatoms. The van der Waals surface area contributed by atoms with E-state index in [1.165, 1.54) is 25.8 Å². The Morgan fingerprint density at radius 1 is 1.36 bits per heavy atom. The zero-order valence-corrected chi connectivity index (χ0v) is 9.93. The van der Waals surface area contributed by atoms with Gasteiger partial charge in [0.1, 0.15) is 0 Å². The van der Waals surface area contributed by atoms with Crippen molar-refractivity contribution in [3.63, 3.8) is 0 Å². The molecule has 1 rings (SSSR count). The highest BCUT2D eigenvalue weighted by molar-refractivity contribution is 6.18. The van der Waals surface area contributed by atoms with E-state index in [1.807, 2.05) is 0 Å². The second-order valence-electron chi connectivity index (χ2n) is 3.95. The van der Waals surface area contributed by atoms with Gasteiger partial charge >= 0.3 is 0 Å². The largest absolute Gasteiger partial charge is 0.380 e. The summed E-state index contributed by atoms with van der Waals surface area (Å²) in [6, 6.07) is 0.593. The van der Waals surface area contributed by atoms with Crippen LogP contribution in [0.2, 0.25) is 0 Å². The molecule has 1 atom stereocenters. The molecule has 0 bridgehead atoms. The SMILES string of the molecule is CCCOCCN1CCCCC1CCl. The third-order valence-electron chi connectivity index (χ3n) is 2.80. The average molecular weight is 220 g/mol. The van der Waals surface area contributed by atoms with Crippen molar-refractivity contribution >= 4 is 11.6 Å². The van der Waals surface area contributed by atoms with Crippen LogP contribution in [0.3, 0.4) is 0 Å². The van der Waals surface area contributed by atoms with Gasteiger partial charge in [0, 0.05) is 25.1 Å². The maximum absolute atomic E-state index is 5.93. The molecule has 0 N–H and O–H groups in total. The number of halogens is 1. The van der Waals surface area contributed by atoms with Crippen LogP contribution in [0.15, 0.2) is 0 Å². The molecule has 0 radical (unpaired) electrons. The number of ether oxygens (including phenoxy) is 1. The van der Waals surface area contributed by atoms with Crippen LogP contribution in [0.5, 0.6) is 0 Å². The van der Waals surface area contributed by atoms with E-state index < -0.39 is 0 Å². The molecule has 14 heavy (non-hydrogen) atoms. The van der Waals surface area contributed by atoms with Crippen LogP contribution in [-0.4, -0.2) is 43.1 Å². The minimum absolute atomic E-state index is 0.593. The Morgan fingerprint density at radius 3 is 2.93 bits per heavy atom. The van der Waals surface area contributed by atoms with Crippen molar-refractivity contribution in [3.8, 4) is 0 Å². The van der Waals surface area contributed by atoms with Crippen LogP contribution < -0.4 is 0 Å². The molecule has 1 unspecified atom stereocenters. The number of alkyl halides is 1. The highest BCUT2D eigenvalue weighted by Crippen LogP contribution is 2.17. The molecule has 1 fully saturated rings. The molecule has 0 spiro atoms. The molecule has 0 aromatic carbocycles. The molecule has 0 aromatic rings. The van der Waals surface area contributed by atoms with Gasteiger partial charge in [-0.05, 0) is 25.8 Å². The first kappa shape index (κ1) is 12.3. The second-order valence-corrected chi connectivity index (χ2v) is 4.26. The third-order valence-corrected chi connectivity index (χ3v) is 3.15. The van der Waals surface area contributed by atoms with Crippen molar-refractivity contribution in [2.45, 2.75) is 38.6 Å². The molecule has 0 aliphatic carbocycles. The molecule has 1 aliphatic rings. The first-order valence-corrected chi connectivity index (χ1v) is 6.29. The quantitative estimate of drug-likeness (QED) is 0.503. The lowest BCUT2D eigenvalue weighted by Crippen LogP contribution is -2.42. The average Bonchev–Trinajstić information content (AvgIpc) is 2.25. The van der Waals surface area contributed by atoms with Crippen molar-refractivity contribution in [1.82, 2.24) is 4.90 Å². The Balaban J connectivity index is 2.13. The van der Waals surface area contributed by atoms with E-state index in [9.17, 15) is 0 Å². The number of piperidine rings is 1. The monoisotopic (exact) mass is 219 g/mol. The summed E-state index contributed by atoms with van der Waals surface area (Å²) in [5.74, 6) is 0.772. The van der Waals surface area contributed by atoms with Gasteiger partial charge in [-0.1, -0.05) is 13.3 Å². The summed E-state index contributed by atoms with van der Waals surface area (Å²) in [5.41, 5.74) is 0. The summed E-state index contributed by atoms with van der Waals surface area (Å²) in [5, 5.41) is 0. The Labute approximate surface area is 92.6 Å². The fourth-order valence-electron chi connectivity index (χ4n) is 1.96.